The van der Waals surface area contributed by atoms with Crippen molar-refractivity contribution < 1.29 is 4.74 Å². The molecule has 0 saturated carbocycles. The third-order valence-corrected chi connectivity index (χ3v) is 3.32. The van der Waals surface area contributed by atoms with Crippen LogP contribution in [-0.2, 0) is 4.74 Å². The third kappa shape index (κ3) is 2.79. The van der Waals surface area contributed by atoms with Gasteiger partial charge < -0.3 is 4.74 Å². The molecule has 0 radical (unpaired) electrons. The number of nitrogens with zero attached hydrogens (tertiary/aromatic N) is 2. The summed E-state index contributed by atoms with van der Waals surface area (Å²) < 4.78 is 5.83. The van der Waals surface area contributed by atoms with Crippen LogP contribution in [0.1, 0.15) is 25.8 Å². The first-order chi connectivity index (χ1) is 6.56. The van der Waals surface area contributed by atoms with E-state index in [1.807, 2.05) is 13.8 Å². The lowest BCUT2D eigenvalue weighted by Crippen LogP contribution is -2.05. The molecule has 1 unspecified atom stereocenters. The minimum absolute atomic E-state index is 0.205. The zero-order chi connectivity index (χ0) is 10.7. The van der Waals surface area contributed by atoms with E-state index in [0.29, 0.717) is 27.2 Å². The van der Waals surface area contributed by atoms with Gasteiger partial charge in [-0.3, -0.25) is 0 Å². The maximum absolute atomic E-state index is 5.83. The molecule has 0 spiro atoms. The van der Waals surface area contributed by atoms with Crippen molar-refractivity contribution in [1.82, 2.24) is 9.97 Å². The molecule has 14 heavy (non-hydrogen) atoms. The summed E-state index contributed by atoms with van der Waals surface area (Å²) in [5.74, 6) is 0.491. The molecule has 0 amide bonds. The normalized spacial score (nSPS) is 12.9. The summed E-state index contributed by atoms with van der Waals surface area (Å²) in [5, 5.41) is 0.595. The zero-order valence-corrected chi connectivity index (χ0v) is 10.8. The Bertz CT molecular complexity index is 312. The first-order valence-electron chi connectivity index (χ1n) is 4.06. The SMILES string of the molecule is CCOC(C)c1nc(Cl)c(Br)c(Cl)n1. The molecular formula is C8H9BrCl2N2O. The smallest absolute Gasteiger partial charge is 0.160 e. The molecule has 1 aromatic rings. The molecule has 0 saturated heterocycles. The fraction of sp³-hybridized carbons (Fsp3) is 0.500. The molecule has 3 nitrogen and oxygen atoms in total. The second-order valence-corrected chi connectivity index (χ2v) is 4.08. The summed E-state index contributed by atoms with van der Waals surface area (Å²) in [5.41, 5.74) is 0. The standard InChI is InChI=1S/C8H9BrCl2N2O/c1-3-14-4(2)8-12-6(10)5(9)7(11)13-8/h4H,3H2,1-2H3. The van der Waals surface area contributed by atoms with E-state index >= 15 is 0 Å². The van der Waals surface area contributed by atoms with Crippen LogP contribution in [0.15, 0.2) is 4.47 Å². The average molecular weight is 300 g/mol. The lowest BCUT2D eigenvalue weighted by Gasteiger charge is -2.10. The number of aromatic nitrogens is 2. The molecule has 1 heterocycles. The van der Waals surface area contributed by atoms with Crippen LogP contribution in [0, 0.1) is 0 Å². The Kier molecular flexibility index (Phi) is 4.57. The number of halogens is 3. The summed E-state index contributed by atoms with van der Waals surface area (Å²) in [6.45, 7) is 4.34. The van der Waals surface area contributed by atoms with Gasteiger partial charge in [-0.1, -0.05) is 23.2 Å². The van der Waals surface area contributed by atoms with Gasteiger partial charge in [0, 0.05) is 6.61 Å². The minimum atomic E-state index is -0.205. The van der Waals surface area contributed by atoms with Crippen molar-refractivity contribution in [3.8, 4) is 0 Å². The van der Waals surface area contributed by atoms with Crippen molar-refractivity contribution in [2.24, 2.45) is 0 Å². The van der Waals surface area contributed by atoms with Crippen LogP contribution in [-0.4, -0.2) is 16.6 Å². The van der Waals surface area contributed by atoms with E-state index in [0.717, 1.165) is 0 Å². The minimum Gasteiger partial charge on any atom is -0.371 e. The Morgan fingerprint density at radius 2 is 1.86 bits per heavy atom. The van der Waals surface area contributed by atoms with Crippen molar-refractivity contribution in [2.75, 3.05) is 6.61 Å². The van der Waals surface area contributed by atoms with E-state index in [4.69, 9.17) is 27.9 Å². The van der Waals surface area contributed by atoms with Crippen LogP contribution in [0.4, 0.5) is 0 Å². The highest BCUT2D eigenvalue weighted by molar-refractivity contribution is 9.10. The van der Waals surface area contributed by atoms with Gasteiger partial charge in [0.15, 0.2) is 5.82 Å². The number of hydrogen-bond donors (Lipinski definition) is 0. The van der Waals surface area contributed by atoms with Crippen LogP contribution in [0.3, 0.4) is 0 Å². The summed E-state index contributed by atoms with van der Waals surface area (Å²) in [6.07, 6.45) is -0.205. The maximum Gasteiger partial charge on any atom is 0.160 e. The molecule has 1 rings (SSSR count). The van der Waals surface area contributed by atoms with E-state index in [-0.39, 0.29) is 6.10 Å². The lowest BCUT2D eigenvalue weighted by molar-refractivity contribution is 0.0700. The fourth-order valence-electron chi connectivity index (χ4n) is 0.916. The van der Waals surface area contributed by atoms with Gasteiger partial charge in [-0.25, -0.2) is 9.97 Å². The molecule has 78 valence electrons. The molecule has 1 atom stereocenters. The van der Waals surface area contributed by atoms with Gasteiger partial charge in [-0.05, 0) is 29.8 Å². The fourth-order valence-corrected chi connectivity index (χ4v) is 1.49. The summed E-state index contributed by atoms with van der Waals surface area (Å²) in [6, 6.07) is 0. The largest absolute Gasteiger partial charge is 0.371 e. The average Bonchev–Trinajstić information content (AvgIpc) is 2.13. The van der Waals surface area contributed by atoms with Crippen molar-refractivity contribution in [1.29, 1.82) is 0 Å². The number of hydrogen-bond acceptors (Lipinski definition) is 3. The van der Waals surface area contributed by atoms with Crippen molar-refractivity contribution in [3.63, 3.8) is 0 Å². The van der Waals surface area contributed by atoms with Crippen LogP contribution in [0.2, 0.25) is 10.3 Å². The number of rotatable bonds is 3. The zero-order valence-electron chi connectivity index (χ0n) is 7.72. The van der Waals surface area contributed by atoms with E-state index in [1.54, 1.807) is 0 Å². The number of ether oxygens (including phenoxy) is 1. The highest BCUT2D eigenvalue weighted by atomic mass is 79.9. The van der Waals surface area contributed by atoms with E-state index in [1.165, 1.54) is 0 Å². The molecule has 0 aliphatic carbocycles. The van der Waals surface area contributed by atoms with Crippen LogP contribution < -0.4 is 0 Å². The molecule has 6 heteroatoms. The second-order valence-electron chi connectivity index (χ2n) is 2.57. The Hall–Kier alpha value is 0.1000. The van der Waals surface area contributed by atoms with Crippen molar-refractivity contribution in [2.45, 2.75) is 20.0 Å². The Morgan fingerprint density at radius 1 is 1.36 bits per heavy atom. The van der Waals surface area contributed by atoms with Gasteiger partial charge in [0.1, 0.15) is 16.4 Å². The predicted octanol–water partition coefficient (Wildman–Crippen LogP) is 3.64. The Labute approximate surface area is 101 Å². The molecular weight excluding hydrogens is 291 g/mol. The van der Waals surface area contributed by atoms with Gasteiger partial charge in [0.25, 0.3) is 0 Å². The van der Waals surface area contributed by atoms with E-state index in [2.05, 4.69) is 25.9 Å². The highest BCUT2D eigenvalue weighted by Gasteiger charge is 2.14. The maximum atomic E-state index is 5.83. The van der Waals surface area contributed by atoms with Crippen LogP contribution in [0.5, 0.6) is 0 Å². The van der Waals surface area contributed by atoms with Crippen LogP contribution >= 0.6 is 39.1 Å². The summed E-state index contributed by atoms with van der Waals surface area (Å²) >= 11 is 14.8. The summed E-state index contributed by atoms with van der Waals surface area (Å²) in [4.78, 5) is 8.10. The second kappa shape index (κ2) is 5.26. The third-order valence-electron chi connectivity index (χ3n) is 1.57. The van der Waals surface area contributed by atoms with E-state index in [9.17, 15) is 0 Å². The van der Waals surface area contributed by atoms with Gasteiger partial charge in [0.2, 0.25) is 0 Å². The topological polar surface area (TPSA) is 35.0 Å². The molecule has 0 N–H and O–H groups in total. The van der Waals surface area contributed by atoms with Crippen molar-refractivity contribution >= 4 is 39.1 Å². The summed E-state index contributed by atoms with van der Waals surface area (Å²) in [7, 11) is 0. The molecule has 0 aliphatic rings. The molecule has 0 fully saturated rings. The molecule has 0 aromatic carbocycles. The molecule has 0 bridgehead atoms. The van der Waals surface area contributed by atoms with Gasteiger partial charge in [-0.15, -0.1) is 0 Å². The Balaban J connectivity index is 3.00. The first-order valence-corrected chi connectivity index (χ1v) is 5.61. The highest BCUT2D eigenvalue weighted by Crippen LogP contribution is 2.28. The van der Waals surface area contributed by atoms with Gasteiger partial charge in [0.05, 0.1) is 4.47 Å². The quantitative estimate of drug-likeness (QED) is 0.799. The first kappa shape index (κ1) is 12.2. The lowest BCUT2D eigenvalue weighted by atomic mass is 10.4. The van der Waals surface area contributed by atoms with E-state index < -0.39 is 0 Å². The van der Waals surface area contributed by atoms with Crippen LogP contribution in [0.25, 0.3) is 0 Å². The predicted molar refractivity (Wildman–Crippen MR) is 59.8 cm³/mol. The molecule has 1 aromatic heterocycles. The monoisotopic (exact) mass is 298 g/mol. The van der Waals surface area contributed by atoms with Crippen molar-refractivity contribution in [3.05, 3.63) is 20.6 Å². The Morgan fingerprint density at radius 3 is 2.29 bits per heavy atom. The van der Waals surface area contributed by atoms with Gasteiger partial charge >= 0.3 is 0 Å². The molecule has 0 aliphatic heterocycles. The van der Waals surface area contributed by atoms with Gasteiger partial charge in [-0.2, -0.15) is 0 Å².